The molecule has 0 radical (unpaired) electrons. The van der Waals surface area contributed by atoms with Gasteiger partial charge in [-0.2, -0.15) is 8.42 Å². The molecule has 152 valence electrons. The van der Waals surface area contributed by atoms with Crippen molar-refractivity contribution in [3.05, 3.63) is 34.7 Å². The number of hydrogen-bond acceptors (Lipinski definition) is 10. The second-order valence-corrected chi connectivity index (χ2v) is 7.49. The smallest absolute Gasteiger partial charge is 0.442 e. The van der Waals surface area contributed by atoms with Gasteiger partial charge in [0.2, 0.25) is 11.6 Å². The van der Waals surface area contributed by atoms with Gasteiger partial charge in [-0.05, 0) is 34.8 Å². The van der Waals surface area contributed by atoms with Crippen LogP contribution in [0, 0.1) is 5.92 Å². The van der Waals surface area contributed by atoms with E-state index in [1.165, 1.54) is 10.8 Å². The minimum Gasteiger partial charge on any atom is -0.467 e. The summed E-state index contributed by atoms with van der Waals surface area (Å²) < 4.78 is 40.0. The number of rotatable bonds is 10. The topological polar surface area (TPSA) is 184 Å². The number of aromatic nitrogens is 4. The number of furan rings is 1. The molecule has 28 heavy (non-hydrogen) atoms. The Hall–Kier alpha value is -2.97. The fourth-order valence-corrected chi connectivity index (χ4v) is 2.90. The summed E-state index contributed by atoms with van der Waals surface area (Å²) >= 11 is 0. The lowest BCUT2D eigenvalue weighted by Crippen LogP contribution is -2.34. The molecule has 0 amide bonds. The molecule has 3 rings (SSSR count). The van der Waals surface area contributed by atoms with Crippen molar-refractivity contribution in [3.63, 3.8) is 0 Å². The van der Waals surface area contributed by atoms with E-state index in [1.807, 2.05) is 6.92 Å². The van der Waals surface area contributed by atoms with E-state index in [0.29, 0.717) is 18.7 Å². The Balaban J connectivity index is 1.65. The molecule has 0 bridgehead atoms. The summed E-state index contributed by atoms with van der Waals surface area (Å²) in [6.07, 6.45) is 2.09. The molecular formula is C14H19N7O6S. The van der Waals surface area contributed by atoms with Crippen LogP contribution in [0.25, 0.3) is 11.5 Å². The van der Waals surface area contributed by atoms with Crippen LogP contribution < -0.4 is 20.9 Å². The summed E-state index contributed by atoms with van der Waals surface area (Å²) in [6.45, 7) is 2.61. The average Bonchev–Trinajstić information content (AvgIpc) is 3.36. The maximum absolute atomic E-state index is 12.0. The van der Waals surface area contributed by atoms with Crippen LogP contribution >= 0.6 is 0 Å². The van der Waals surface area contributed by atoms with Crippen molar-refractivity contribution in [2.75, 3.05) is 18.4 Å². The van der Waals surface area contributed by atoms with Gasteiger partial charge in [0.15, 0.2) is 5.69 Å². The van der Waals surface area contributed by atoms with Crippen molar-refractivity contribution in [1.82, 2.24) is 24.8 Å². The standard InChI is InChI=1S/C14H19N7O6S/c1-9(7-17-28(15,23)24)4-5-16-12-11(18-27-19-12)13-20-26-14(22)21(13)8-10-3-2-6-25-10/h2-3,6,9,17H,4-5,7-8H2,1H3,(H,16,19)(H2,15,23,24). The number of nitrogens with two attached hydrogens (primary N) is 1. The van der Waals surface area contributed by atoms with Crippen molar-refractivity contribution < 1.29 is 22.0 Å². The van der Waals surface area contributed by atoms with E-state index in [-0.39, 0.29) is 36.3 Å². The van der Waals surface area contributed by atoms with Crippen LogP contribution in [-0.2, 0) is 16.8 Å². The first kappa shape index (κ1) is 19.8. The van der Waals surface area contributed by atoms with Crippen LogP contribution in [0.1, 0.15) is 19.1 Å². The van der Waals surface area contributed by atoms with Crippen LogP contribution in [0.3, 0.4) is 0 Å². The molecule has 4 N–H and O–H groups in total. The quantitative estimate of drug-likeness (QED) is 0.400. The van der Waals surface area contributed by atoms with Crippen molar-refractivity contribution in [2.45, 2.75) is 19.9 Å². The second kappa shape index (κ2) is 8.37. The van der Waals surface area contributed by atoms with E-state index in [1.54, 1.807) is 12.1 Å². The minimum atomic E-state index is -3.72. The van der Waals surface area contributed by atoms with Crippen molar-refractivity contribution >= 4 is 16.0 Å². The highest BCUT2D eigenvalue weighted by atomic mass is 32.2. The fourth-order valence-electron chi connectivity index (χ4n) is 2.38. The molecule has 0 saturated heterocycles. The second-order valence-electron chi connectivity index (χ2n) is 6.11. The lowest BCUT2D eigenvalue weighted by atomic mass is 10.1. The molecule has 0 saturated carbocycles. The highest BCUT2D eigenvalue weighted by molar-refractivity contribution is 7.87. The summed E-state index contributed by atoms with van der Waals surface area (Å²) in [5.74, 6) is 0.275. The van der Waals surface area contributed by atoms with Gasteiger partial charge in [0.25, 0.3) is 10.2 Å². The van der Waals surface area contributed by atoms with E-state index < -0.39 is 16.0 Å². The first-order valence-corrected chi connectivity index (χ1v) is 9.81. The van der Waals surface area contributed by atoms with E-state index >= 15 is 0 Å². The van der Waals surface area contributed by atoms with E-state index in [4.69, 9.17) is 18.7 Å². The van der Waals surface area contributed by atoms with Crippen molar-refractivity contribution in [3.8, 4) is 11.5 Å². The number of anilines is 1. The van der Waals surface area contributed by atoms with Crippen LogP contribution in [0.2, 0.25) is 0 Å². The van der Waals surface area contributed by atoms with Crippen LogP contribution in [0.15, 0.2) is 36.8 Å². The molecule has 14 heteroatoms. The monoisotopic (exact) mass is 413 g/mol. The first-order valence-electron chi connectivity index (χ1n) is 8.26. The Labute approximate surface area is 159 Å². The minimum absolute atomic E-state index is 0.0123. The largest absolute Gasteiger partial charge is 0.467 e. The van der Waals surface area contributed by atoms with Crippen molar-refractivity contribution in [2.24, 2.45) is 11.1 Å². The molecule has 0 spiro atoms. The van der Waals surface area contributed by atoms with Gasteiger partial charge in [0.1, 0.15) is 5.76 Å². The molecule has 3 aromatic heterocycles. The summed E-state index contributed by atoms with van der Waals surface area (Å²) in [6, 6.07) is 3.41. The maximum Gasteiger partial charge on any atom is 0.442 e. The summed E-state index contributed by atoms with van der Waals surface area (Å²) in [5.41, 5.74) is 0.202. The molecule has 3 heterocycles. The van der Waals surface area contributed by atoms with E-state index in [9.17, 15) is 13.2 Å². The number of nitrogens with zero attached hydrogens (tertiary/aromatic N) is 4. The summed E-state index contributed by atoms with van der Waals surface area (Å²) in [5, 5.41) is 19.2. The first-order chi connectivity index (χ1) is 13.3. The Morgan fingerprint density at radius 1 is 1.32 bits per heavy atom. The zero-order valence-electron chi connectivity index (χ0n) is 14.9. The van der Waals surface area contributed by atoms with Crippen LogP contribution in [0.5, 0.6) is 0 Å². The van der Waals surface area contributed by atoms with E-state index in [2.05, 4.69) is 25.5 Å². The third-order valence-electron chi connectivity index (χ3n) is 3.84. The fraction of sp³-hybridized carbons (Fsp3) is 0.429. The predicted octanol–water partition coefficient (Wildman–Crippen LogP) is -0.241. The van der Waals surface area contributed by atoms with Gasteiger partial charge in [0, 0.05) is 13.1 Å². The zero-order chi connectivity index (χ0) is 20.1. The van der Waals surface area contributed by atoms with E-state index in [0.717, 1.165) is 0 Å². The molecule has 0 fully saturated rings. The SMILES string of the molecule is CC(CCNc1nonc1-c1noc(=O)n1Cc1ccco1)CNS(N)(=O)=O. The Bertz CT molecular complexity index is 1050. The molecular weight excluding hydrogens is 394 g/mol. The van der Waals surface area contributed by atoms with Gasteiger partial charge >= 0.3 is 5.76 Å². The van der Waals surface area contributed by atoms with Crippen LogP contribution in [-0.4, -0.2) is 41.5 Å². The highest BCUT2D eigenvalue weighted by Crippen LogP contribution is 2.22. The summed E-state index contributed by atoms with van der Waals surface area (Å²) in [4.78, 5) is 12.0. The third-order valence-corrected chi connectivity index (χ3v) is 4.41. The van der Waals surface area contributed by atoms with Gasteiger partial charge in [-0.25, -0.2) is 23.9 Å². The molecule has 13 nitrogen and oxygen atoms in total. The number of hydrogen-bond donors (Lipinski definition) is 3. The van der Waals surface area contributed by atoms with Gasteiger partial charge in [0.05, 0.1) is 12.8 Å². The Kier molecular flexibility index (Phi) is 5.91. The molecule has 3 aromatic rings. The highest BCUT2D eigenvalue weighted by Gasteiger charge is 2.22. The normalized spacial score (nSPS) is 12.9. The molecule has 1 atom stereocenters. The molecule has 0 aliphatic carbocycles. The van der Waals surface area contributed by atoms with Gasteiger partial charge in [-0.1, -0.05) is 12.1 Å². The lowest BCUT2D eigenvalue weighted by Gasteiger charge is -2.11. The predicted molar refractivity (Wildman–Crippen MR) is 95.2 cm³/mol. The molecule has 0 aliphatic rings. The van der Waals surface area contributed by atoms with Crippen LogP contribution in [0.4, 0.5) is 5.82 Å². The molecule has 1 unspecified atom stereocenters. The number of nitrogens with one attached hydrogen (secondary N) is 2. The third kappa shape index (κ3) is 5.05. The lowest BCUT2D eigenvalue weighted by molar-refractivity contribution is 0.309. The summed E-state index contributed by atoms with van der Waals surface area (Å²) in [7, 11) is -3.72. The van der Waals surface area contributed by atoms with Gasteiger partial charge in [-0.15, -0.1) is 0 Å². The Morgan fingerprint density at radius 3 is 2.86 bits per heavy atom. The van der Waals surface area contributed by atoms with Crippen molar-refractivity contribution in [1.29, 1.82) is 0 Å². The van der Waals surface area contributed by atoms with Gasteiger partial charge < -0.3 is 9.73 Å². The molecule has 0 aliphatic heterocycles. The maximum atomic E-state index is 12.0. The zero-order valence-corrected chi connectivity index (χ0v) is 15.7. The average molecular weight is 413 g/mol. The van der Waals surface area contributed by atoms with Gasteiger partial charge in [-0.3, -0.25) is 4.52 Å². The Morgan fingerprint density at radius 2 is 2.14 bits per heavy atom. The molecule has 0 aromatic carbocycles.